The van der Waals surface area contributed by atoms with Gasteiger partial charge in [0.2, 0.25) is 0 Å². The fraction of sp³-hybridized carbons (Fsp3) is 0.238. The summed E-state index contributed by atoms with van der Waals surface area (Å²) in [4.78, 5) is 14.2. The number of carbonyl (C=O) groups excluding carboxylic acids is 1. The van der Waals surface area contributed by atoms with Crippen molar-refractivity contribution in [1.29, 1.82) is 5.26 Å². The Morgan fingerprint density at radius 1 is 1.14 bits per heavy atom. The van der Waals surface area contributed by atoms with Crippen LogP contribution >= 0.6 is 0 Å². The number of benzene rings is 2. The Labute approximate surface area is 161 Å². The quantitative estimate of drug-likeness (QED) is 0.563. The van der Waals surface area contributed by atoms with Gasteiger partial charge in [0.25, 0.3) is 5.91 Å². The second-order valence-corrected chi connectivity index (χ2v) is 6.40. The maximum atomic E-state index is 13.1. The van der Waals surface area contributed by atoms with Crippen molar-refractivity contribution in [1.82, 2.24) is 4.90 Å². The minimum Gasteiger partial charge on any atom is -0.369 e. The first-order chi connectivity index (χ1) is 13.2. The van der Waals surface area contributed by atoms with Crippen LogP contribution in [-0.2, 0) is 17.5 Å². The summed E-state index contributed by atoms with van der Waals surface area (Å²) in [6, 6.07) is 15.9. The highest BCUT2D eigenvalue weighted by atomic mass is 19.4. The van der Waals surface area contributed by atoms with Gasteiger partial charge in [-0.2, -0.15) is 18.4 Å². The average molecular weight is 387 g/mol. The summed E-state index contributed by atoms with van der Waals surface area (Å²) in [6.07, 6.45) is -3.24. The van der Waals surface area contributed by atoms with Crippen LogP contribution in [0.3, 0.4) is 0 Å². The average Bonchev–Trinajstić information content (AvgIpc) is 2.65. The molecule has 2 rings (SSSR count). The van der Waals surface area contributed by atoms with Crippen LogP contribution in [0.5, 0.6) is 0 Å². The van der Waals surface area contributed by atoms with Crippen molar-refractivity contribution in [2.45, 2.75) is 32.6 Å². The lowest BCUT2D eigenvalue weighted by atomic mass is 10.1. The van der Waals surface area contributed by atoms with Crippen LogP contribution < -0.4 is 5.32 Å². The maximum absolute atomic E-state index is 13.1. The molecule has 4 nitrogen and oxygen atoms in total. The molecule has 0 saturated carbocycles. The summed E-state index contributed by atoms with van der Waals surface area (Å²) in [5, 5.41) is 11.6. The molecule has 0 atom stereocenters. The fourth-order valence-electron chi connectivity index (χ4n) is 2.50. The van der Waals surface area contributed by atoms with E-state index in [4.69, 9.17) is 0 Å². The number of alkyl halides is 3. The highest BCUT2D eigenvalue weighted by molar-refractivity contribution is 6.06. The molecule has 1 N–H and O–H groups in total. The van der Waals surface area contributed by atoms with Crippen molar-refractivity contribution in [2.24, 2.45) is 0 Å². The Balaban J connectivity index is 2.26. The Hall–Kier alpha value is -3.27. The second kappa shape index (κ2) is 9.09. The van der Waals surface area contributed by atoms with Crippen LogP contribution in [0.4, 0.5) is 18.9 Å². The van der Waals surface area contributed by atoms with Crippen LogP contribution in [0.1, 0.15) is 25.0 Å². The molecule has 0 fully saturated rings. The first-order valence-corrected chi connectivity index (χ1v) is 8.61. The summed E-state index contributed by atoms with van der Waals surface area (Å²) in [5.74, 6) is -0.891. The van der Waals surface area contributed by atoms with Gasteiger partial charge in [0.1, 0.15) is 11.6 Å². The van der Waals surface area contributed by atoms with Gasteiger partial charge in [-0.1, -0.05) is 42.5 Å². The van der Waals surface area contributed by atoms with Gasteiger partial charge in [0, 0.05) is 18.8 Å². The van der Waals surface area contributed by atoms with E-state index in [1.54, 1.807) is 11.0 Å². The number of anilines is 1. The monoisotopic (exact) mass is 387 g/mol. The van der Waals surface area contributed by atoms with E-state index in [1.807, 2.05) is 44.2 Å². The van der Waals surface area contributed by atoms with E-state index in [9.17, 15) is 23.2 Å². The predicted octanol–water partition coefficient (Wildman–Crippen LogP) is 4.96. The first-order valence-electron chi connectivity index (χ1n) is 8.61. The molecule has 7 heteroatoms. The topological polar surface area (TPSA) is 56.1 Å². The highest BCUT2D eigenvalue weighted by Gasteiger charge is 2.33. The third-order valence-corrected chi connectivity index (χ3v) is 4.01. The third kappa shape index (κ3) is 5.61. The Morgan fingerprint density at radius 3 is 2.32 bits per heavy atom. The molecule has 28 heavy (non-hydrogen) atoms. The number of nitrogens with one attached hydrogen (secondary N) is 1. The molecule has 0 aliphatic carbocycles. The summed E-state index contributed by atoms with van der Waals surface area (Å²) in [5.41, 5.74) is -0.653. The SMILES string of the molecule is CC(C)N(/C=C(/C#N)C(=O)Nc1ccccc1C(F)(F)F)Cc1ccccc1. The first kappa shape index (κ1) is 21.0. The normalized spacial score (nSPS) is 11.8. The number of nitrogens with zero attached hydrogens (tertiary/aromatic N) is 2. The molecule has 146 valence electrons. The van der Waals surface area contributed by atoms with Crippen LogP contribution in [-0.4, -0.2) is 16.8 Å². The Bertz CT molecular complexity index is 884. The van der Waals surface area contributed by atoms with Gasteiger partial charge in [0.05, 0.1) is 11.3 Å². The van der Waals surface area contributed by atoms with Crippen LogP contribution in [0.25, 0.3) is 0 Å². The Kier molecular flexibility index (Phi) is 6.83. The van der Waals surface area contributed by atoms with E-state index in [0.717, 1.165) is 17.7 Å². The lowest BCUT2D eigenvalue weighted by Crippen LogP contribution is -2.27. The number of rotatable bonds is 6. The molecule has 0 aliphatic heterocycles. The number of amides is 1. The number of halogens is 3. The molecule has 0 radical (unpaired) electrons. The van der Waals surface area contributed by atoms with E-state index in [-0.39, 0.29) is 17.3 Å². The summed E-state index contributed by atoms with van der Waals surface area (Å²) >= 11 is 0. The van der Waals surface area contributed by atoms with Crippen molar-refractivity contribution < 1.29 is 18.0 Å². The summed E-state index contributed by atoms with van der Waals surface area (Å²) < 4.78 is 39.3. The number of hydrogen-bond donors (Lipinski definition) is 1. The van der Waals surface area contributed by atoms with Crippen LogP contribution in [0.2, 0.25) is 0 Å². The number of carbonyl (C=O) groups is 1. The molecule has 0 aliphatic rings. The van der Waals surface area contributed by atoms with E-state index < -0.39 is 17.6 Å². The zero-order valence-corrected chi connectivity index (χ0v) is 15.5. The lowest BCUT2D eigenvalue weighted by molar-refractivity contribution is -0.137. The Morgan fingerprint density at radius 2 is 1.75 bits per heavy atom. The summed E-state index contributed by atoms with van der Waals surface area (Å²) in [7, 11) is 0. The van der Waals surface area contributed by atoms with E-state index in [2.05, 4.69) is 5.32 Å². The van der Waals surface area contributed by atoms with Crippen molar-refractivity contribution in [3.8, 4) is 6.07 Å². The van der Waals surface area contributed by atoms with E-state index >= 15 is 0 Å². The van der Waals surface area contributed by atoms with Gasteiger partial charge < -0.3 is 10.2 Å². The van der Waals surface area contributed by atoms with Gasteiger partial charge in [-0.15, -0.1) is 0 Å². The molecule has 0 saturated heterocycles. The number of hydrogen-bond acceptors (Lipinski definition) is 3. The minimum atomic E-state index is -4.61. The molecule has 2 aromatic rings. The van der Waals surface area contributed by atoms with Crippen molar-refractivity contribution in [3.63, 3.8) is 0 Å². The molecule has 0 heterocycles. The zero-order valence-electron chi connectivity index (χ0n) is 15.5. The van der Waals surface area contributed by atoms with Crippen molar-refractivity contribution in [3.05, 3.63) is 77.5 Å². The van der Waals surface area contributed by atoms with Gasteiger partial charge in [0.15, 0.2) is 0 Å². The van der Waals surface area contributed by atoms with Gasteiger partial charge >= 0.3 is 6.18 Å². The van der Waals surface area contributed by atoms with E-state index in [1.165, 1.54) is 18.3 Å². The minimum absolute atomic E-state index is 0.0289. The zero-order chi connectivity index (χ0) is 20.7. The molecule has 1 amide bonds. The molecule has 0 aromatic heterocycles. The van der Waals surface area contributed by atoms with Crippen molar-refractivity contribution in [2.75, 3.05) is 5.32 Å². The standard InChI is InChI=1S/C21H20F3N3O/c1-15(2)27(13-16-8-4-3-5-9-16)14-17(12-25)20(28)26-19-11-7-6-10-18(19)21(22,23)24/h3-11,14-15H,13H2,1-2H3,(H,26,28)/b17-14-. The molecule has 0 bridgehead atoms. The molecular weight excluding hydrogens is 367 g/mol. The molecular formula is C21H20F3N3O. The van der Waals surface area contributed by atoms with Gasteiger partial charge in [-0.3, -0.25) is 4.79 Å². The predicted molar refractivity (Wildman–Crippen MR) is 101 cm³/mol. The second-order valence-electron chi connectivity index (χ2n) is 6.40. The number of nitriles is 1. The molecule has 2 aromatic carbocycles. The number of para-hydroxylation sites is 1. The van der Waals surface area contributed by atoms with E-state index in [0.29, 0.717) is 6.54 Å². The maximum Gasteiger partial charge on any atom is 0.418 e. The largest absolute Gasteiger partial charge is 0.418 e. The summed E-state index contributed by atoms with van der Waals surface area (Å²) in [6.45, 7) is 4.24. The van der Waals surface area contributed by atoms with Crippen LogP contribution in [0, 0.1) is 11.3 Å². The van der Waals surface area contributed by atoms with Gasteiger partial charge in [-0.05, 0) is 31.5 Å². The molecule has 0 spiro atoms. The van der Waals surface area contributed by atoms with Gasteiger partial charge in [-0.25, -0.2) is 0 Å². The third-order valence-electron chi connectivity index (χ3n) is 4.01. The van der Waals surface area contributed by atoms with Crippen molar-refractivity contribution >= 4 is 11.6 Å². The van der Waals surface area contributed by atoms with Crippen LogP contribution in [0.15, 0.2) is 66.4 Å². The molecule has 0 unspecified atom stereocenters. The lowest BCUT2D eigenvalue weighted by Gasteiger charge is -2.25. The fourth-order valence-corrected chi connectivity index (χ4v) is 2.50. The smallest absolute Gasteiger partial charge is 0.369 e. The highest BCUT2D eigenvalue weighted by Crippen LogP contribution is 2.34.